The highest BCUT2D eigenvalue weighted by atomic mass is 16.5. The zero-order chi connectivity index (χ0) is 11.4. The molecule has 0 atom stereocenters. The largest absolute Gasteiger partial charge is 0.396 e. The number of aryl methyl sites for hydroxylation is 1. The van der Waals surface area contributed by atoms with Gasteiger partial charge in [-0.1, -0.05) is 24.3 Å². The molecule has 2 heteroatoms. The summed E-state index contributed by atoms with van der Waals surface area (Å²) in [5, 5.41) is 8.92. The van der Waals surface area contributed by atoms with Crippen LogP contribution >= 0.6 is 0 Å². The summed E-state index contributed by atoms with van der Waals surface area (Å²) in [4.78, 5) is 0. The lowest BCUT2D eigenvalue weighted by molar-refractivity contribution is 0.171. The van der Waals surface area contributed by atoms with E-state index in [0.717, 1.165) is 19.4 Å². The number of methoxy groups -OCH3 is 1. The Balaban J connectivity index is 2.19. The van der Waals surface area contributed by atoms with Crippen molar-refractivity contribution in [2.24, 2.45) is 0 Å². The van der Waals surface area contributed by atoms with Crippen LogP contribution in [0.25, 0.3) is 0 Å². The molecule has 0 unspecified atom stereocenters. The topological polar surface area (TPSA) is 29.5 Å². The minimum Gasteiger partial charge on any atom is -0.396 e. The van der Waals surface area contributed by atoms with E-state index in [1.165, 1.54) is 24.0 Å². The van der Waals surface area contributed by atoms with Crippen molar-refractivity contribution in [2.45, 2.75) is 31.1 Å². The molecule has 0 radical (unpaired) electrons. The van der Waals surface area contributed by atoms with Gasteiger partial charge in [0.05, 0.1) is 6.61 Å². The highest BCUT2D eigenvalue weighted by Gasteiger charge is 2.45. The van der Waals surface area contributed by atoms with Gasteiger partial charge in [0, 0.05) is 19.1 Å². The third-order valence-electron chi connectivity index (χ3n) is 3.47. The van der Waals surface area contributed by atoms with Crippen molar-refractivity contribution < 1.29 is 9.84 Å². The van der Waals surface area contributed by atoms with Crippen LogP contribution < -0.4 is 0 Å². The molecule has 2 rings (SSSR count). The fourth-order valence-electron chi connectivity index (χ4n) is 2.44. The number of hydrogen-bond acceptors (Lipinski definition) is 2. The molecule has 1 aromatic carbocycles. The van der Waals surface area contributed by atoms with Gasteiger partial charge in [0.1, 0.15) is 0 Å². The molecule has 1 aliphatic carbocycles. The summed E-state index contributed by atoms with van der Waals surface area (Å²) in [6, 6.07) is 8.59. The summed E-state index contributed by atoms with van der Waals surface area (Å²) >= 11 is 0. The van der Waals surface area contributed by atoms with Crippen molar-refractivity contribution in [1.29, 1.82) is 0 Å². The molecule has 0 aromatic heterocycles. The van der Waals surface area contributed by atoms with Crippen molar-refractivity contribution in [3.63, 3.8) is 0 Å². The first kappa shape index (κ1) is 11.6. The quantitative estimate of drug-likeness (QED) is 0.797. The molecule has 1 N–H and O–H groups in total. The fourth-order valence-corrected chi connectivity index (χ4v) is 2.44. The Morgan fingerprint density at radius 3 is 2.69 bits per heavy atom. The first-order valence-corrected chi connectivity index (χ1v) is 6.00. The summed E-state index contributed by atoms with van der Waals surface area (Å²) in [6.45, 7) is 1.09. The van der Waals surface area contributed by atoms with Crippen molar-refractivity contribution in [1.82, 2.24) is 0 Å². The maximum Gasteiger partial charge on any atom is 0.0559 e. The Labute approximate surface area is 97.3 Å². The molecule has 1 saturated carbocycles. The number of benzene rings is 1. The molecule has 16 heavy (non-hydrogen) atoms. The summed E-state index contributed by atoms with van der Waals surface area (Å²) in [7, 11) is 1.77. The molecule has 0 spiro atoms. The van der Waals surface area contributed by atoms with Gasteiger partial charge in [0.2, 0.25) is 0 Å². The van der Waals surface area contributed by atoms with Gasteiger partial charge in [-0.2, -0.15) is 0 Å². The second-order valence-corrected chi connectivity index (χ2v) is 4.70. The van der Waals surface area contributed by atoms with Gasteiger partial charge in [-0.25, -0.2) is 0 Å². The Morgan fingerprint density at radius 1 is 1.31 bits per heavy atom. The van der Waals surface area contributed by atoms with Gasteiger partial charge >= 0.3 is 0 Å². The van der Waals surface area contributed by atoms with E-state index in [9.17, 15) is 0 Å². The molecular formula is C14H20O2. The van der Waals surface area contributed by atoms with E-state index in [-0.39, 0.29) is 12.0 Å². The Hall–Kier alpha value is -0.860. The highest BCUT2D eigenvalue weighted by molar-refractivity contribution is 5.38. The SMILES string of the molecule is COCC1(c2ccccc2CCCO)CC1. The van der Waals surface area contributed by atoms with Crippen LogP contribution in [-0.4, -0.2) is 25.4 Å². The third-order valence-corrected chi connectivity index (χ3v) is 3.47. The third kappa shape index (κ3) is 2.28. The Bertz CT molecular complexity index is 342. The maximum atomic E-state index is 8.92. The van der Waals surface area contributed by atoms with Crippen LogP contribution in [0.15, 0.2) is 24.3 Å². The van der Waals surface area contributed by atoms with E-state index < -0.39 is 0 Å². The van der Waals surface area contributed by atoms with E-state index in [0.29, 0.717) is 0 Å². The van der Waals surface area contributed by atoms with Crippen LogP contribution in [0.1, 0.15) is 30.4 Å². The molecule has 0 bridgehead atoms. The Morgan fingerprint density at radius 2 is 2.06 bits per heavy atom. The lowest BCUT2D eigenvalue weighted by Crippen LogP contribution is -2.16. The van der Waals surface area contributed by atoms with Gasteiger partial charge in [-0.05, 0) is 36.8 Å². The maximum absolute atomic E-state index is 8.92. The lowest BCUT2D eigenvalue weighted by atomic mass is 9.90. The van der Waals surface area contributed by atoms with E-state index in [1.807, 2.05) is 0 Å². The van der Waals surface area contributed by atoms with Crippen molar-refractivity contribution in [2.75, 3.05) is 20.3 Å². The van der Waals surface area contributed by atoms with Crippen LogP contribution in [-0.2, 0) is 16.6 Å². The highest BCUT2D eigenvalue weighted by Crippen LogP contribution is 2.49. The predicted molar refractivity (Wildman–Crippen MR) is 64.6 cm³/mol. The zero-order valence-electron chi connectivity index (χ0n) is 9.91. The van der Waals surface area contributed by atoms with E-state index in [1.54, 1.807) is 7.11 Å². The second kappa shape index (κ2) is 4.98. The van der Waals surface area contributed by atoms with E-state index >= 15 is 0 Å². The lowest BCUT2D eigenvalue weighted by Gasteiger charge is -2.18. The molecule has 0 saturated heterocycles. The zero-order valence-corrected chi connectivity index (χ0v) is 9.91. The first-order valence-electron chi connectivity index (χ1n) is 6.00. The van der Waals surface area contributed by atoms with Gasteiger partial charge < -0.3 is 9.84 Å². The van der Waals surface area contributed by atoms with Crippen LogP contribution in [0.2, 0.25) is 0 Å². The number of aliphatic hydroxyl groups is 1. The average Bonchev–Trinajstić information content (AvgIpc) is 3.08. The van der Waals surface area contributed by atoms with Crippen LogP contribution in [0, 0.1) is 0 Å². The number of rotatable bonds is 6. The van der Waals surface area contributed by atoms with Gasteiger partial charge in [-0.15, -0.1) is 0 Å². The first-order chi connectivity index (χ1) is 7.82. The molecule has 1 aliphatic rings. The Kier molecular flexibility index (Phi) is 3.62. The molecule has 0 amide bonds. The fraction of sp³-hybridized carbons (Fsp3) is 0.571. The molecule has 1 aromatic rings. The standard InChI is InChI=1S/C14H20O2/c1-16-11-14(8-9-14)13-7-3-2-5-12(13)6-4-10-15/h2-3,5,7,15H,4,6,8-11H2,1H3. The molecular weight excluding hydrogens is 200 g/mol. The van der Waals surface area contributed by atoms with Crippen LogP contribution in [0.4, 0.5) is 0 Å². The molecule has 0 heterocycles. The van der Waals surface area contributed by atoms with Crippen LogP contribution in [0.3, 0.4) is 0 Å². The van der Waals surface area contributed by atoms with Gasteiger partial charge in [-0.3, -0.25) is 0 Å². The minimum atomic E-state index is 0.269. The second-order valence-electron chi connectivity index (χ2n) is 4.70. The van der Waals surface area contributed by atoms with Crippen molar-refractivity contribution >= 4 is 0 Å². The smallest absolute Gasteiger partial charge is 0.0559 e. The summed E-state index contributed by atoms with van der Waals surface area (Å²) in [6.07, 6.45) is 4.28. The average molecular weight is 220 g/mol. The minimum absolute atomic E-state index is 0.269. The number of aliphatic hydroxyl groups excluding tert-OH is 1. The van der Waals surface area contributed by atoms with E-state index in [4.69, 9.17) is 9.84 Å². The monoisotopic (exact) mass is 220 g/mol. The number of ether oxygens (including phenoxy) is 1. The molecule has 0 aliphatic heterocycles. The molecule has 88 valence electrons. The summed E-state index contributed by atoms with van der Waals surface area (Å²) in [5.74, 6) is 0. The summed E-state index contributed by atoms with van der Waals surface area (Å²) in [5.41, 5.74) is 3.09. The van der Waals surface area contributed by atoms with Crippen molar-refractivity contribution in [3.05, 3.63) is 35.4 Å². The predicted octanol–water partition coefficient (Wildman–Crippen LogP) is 2.29. The normalized spacial score (nSPS) is 17.4. The molecule has 1 fully saturated rings. The summed E-state index contributed by atoms with van der Waals surface area (Å²) < 4.78 is 5.33. The van der Waals surface area contributed by atoms with Gasteiger partial charge in [0.25, 0.3) is 0 Å². The molecule has 2 nitrogen and oxygen atoms in total. The van der Waals surface area contributed by atoms with Gasteiger partial charge in [0.15, 0.2) is 0 Å². The van der Waals surface area contributed by atoms with Crippen LogP contribution in [0.5, 0.6) is 0 Å². The van der Waals surface area contributed by atoms with Crippen molar-refractivity contribution in [3.8, 4) is 0 Å². The van der Waals surface area contributed by atoms with E-state index in [2.05, 4.69) is 24.3 Å². The number of hydrogen-bond donors (Lipinski definition) is 1.